The van der Waals surface area contributed by atoms with Gasteiger partial charge in [-0.3, -0.25) is 4.79 Å². The summed E-state index contributed by atoms with van der Waals surface area (Å²) in [5.74, 6) is -0.315. The van der Waals surface area contributed by atoms with Crippen LogP contribution in [-0.4, -0.2) is 36.7 Å². The summed E-state index contributed by atoms with van der Waals surface area (Å²) in [5, 5.41) is 0. The molecule has 0 radical (unpaired) electrons. The van der Waals surface area contributed by atoms with Crippen molar-refractivity contribution in [2.75, 3.05) is 19.7 Å². The van der Waals surface area contributed by atoms with E-state index >= 15 is 0 Å². The average molecular weight is 305 g/mol. The van der Waals surface area contributed by atoms with Crippen molar-refractivity contribution < 1.29 is 19.1 Å². The molecule has 1 fully saturated rings. The third kappa shape index (κ3) is 4.00. The molecule has 120 valence electrons. The molecule has 0 N–H and O–H groups in total. The van der Waals surface area contributed by atoms with E-state index in [1.54, 1.807) is 11.8 Å². The van der Waals surface area contributed by atoms with Crippen LogP contribution in [0.25, 0.3) is 0 Å². The number of amides is 1. The lowest BCUT2D eigenvalue weighted by atomic mass is 9.94. The first-order valence-corrected chi connectivity index (χ1v) is 7.78. The highest BCUT2D eigenvalue weighted by molar-refractivity contribution is 5.76. The van der Waals surface area contributed by atoms with Gasteiger partial charge in [-0.15, -0.1) is 0 Å². The predicted octanol–water partition coefficient (Wildman–Crippen LogP) is 2.84. The standard InChI is InChI=1S/C17H23NO4/c1-3-14-10-18(11-15(14)16(19)21-4-2)17(20)22-12-13-8-6-5-7-9-13/h5-9,14-15H,3-4,10-12H2,1-2H3/t14-,15-/m1/s1. The Hall–Kier alpha value is -2.04. The van der Waals surface area contributed by atoms with E-state index in [1.165, 1.54) is 0 Å². The van der Waals surface area contributed by atoms with Crippen molar-refractivity contribution in [3.8, 4) is 0 Å². The zero-order valence-electron chi connectivity index (χ0n) is 13.2. The molecule has 5 heteroatoms. The highest BCUT2D eigenvalue weighted by atomic mass is 16.6. The number of nitrogens with zero attached hydrogens (tertiary/aromatic N) is 1. The smallest absolute Gasteiger partial charge is 0.410 e. The second-order valence-corrected chi connectivity index (χ2v) is 5.47. The van der Waals surface area contributed by atoms with E-state index in [-0.39, 0.29) is 30.5 Å². The van der Waals surface area contributed by atoms with Crippen molar-refractivity contribution in [3.05, 3.63) is 35.9 Å². The quantitative estimate of drug-likeness (QED) is 0.785. The van der Waals surface area contributed by atoms with Crippen LogP contribution in [-0.2, 0) is 20.9 Å². The minimum atomic E-state index is -0.367. The molecule has 1 aromatic carbocycles. The fourth-order valence-electron chi connectivity index (χ4n) is 2.76. The monoisotopic (exact) mass is 305 g/mol. The zero-order valence-corrected chi connectivity index (χ0v) is 13.2. The van der Waals surface area contributed by atoms with Gasteiger partial charge in [-0.25, -0.2) is 4.79 Å². The molecule has 1 aliphatic heterocycles. The lowest BCUT2D eigenvalue weighted by Gasteiger charge is -2.16. The van der Waals surface area contributed by atoms with Crippen LogP contribution in [0.1, 0.15) is 25.8 Å². The summed E-state index contributed by atoms with van der Waals surface area (Å²) >= 11 is 0. The van der Waals surface area contributed by atoms with Crippen molar-refractivity contribution in [3.63, 3.8) is 0 Å². The average Bonchev–Trinajstić information content (AvgIpc) is 2.98. The summed E-state index contributed by atoms with van der Waals surface area (Å²) in [7, 11) is 0. The first-order chi connectivity index (χ1) is 10.7. The number of esters is 1. The maximum absolute atomic E-state index is 12.2. The van der Waals surface area contributed by atoms with Crippen LogP contribution in [0, 0.1) is 11.8 Å². The summed E-state index contributed by atoms with van der Waals surface area (Å²) in [4.78, 5) is 25.7. The molecule has 1 aliphatic rings. The SMILES string of the molecule is CCOC(=O)[C@@H]1CN(C(=O)OCc2ccccc2)C[C@H]1CC. The molecule has 1 heterocycles. The molecule has 0 aromatic heterocycles. The molecular formula is C17H23NO4. The lowest BCUT2D eigenvalue weighted by molar-refractivity contribution is -0.148. The molecule has 5 nitrogen and oxygen atoms in total. The van der Waals surface area contributed by atoms with Crippen LogP contribution in [0.15, 0.2) is 30.3 Å². The molecule has 1 saturated heterocycles. The van der Waals surface area contributed by atoms with E-state index < -0.39 is 0 Å². The van der Waals surface area contributed by atoms with Crippen LogP contribution in [0.3, 0.4) is 0 Å². The second kappa shape index (κ2) is 7.82. The maximum Gasteiger partial charge on any atom is 0.410 e. The molecule has 1 amide bonds. The van der Waals surface area contributed by atoms with Crippen molar-refractivity contribution >= 4 is 12.1 Å². The highest BCUT2D eigenvalue weighted by Gasteiger charge is 2.40. The molecule has 1 aromatic rings. The molecule has 0 bridgehead atoms. The van der Waals surface area contributed by atoms with Gasteiger partial charge in [0.15, 0.2) is 0 Å². The van der Waals surface area contributed by atoms with Crippen molar-refractivity contribution in [1.82, 2.24) is 4.90 Å². The van der Waals surface area contributed by atoms with Gasteiger partial charge in [-0.05, 0) is 18.4 Å². The largest absolute Gasteiger partial charge is 0.466 e. The van der Waals surface area contributed by atoms with E-state index in [0.717, 1.165) is 12.0 Å². The van der Waals surface area contributed by atoms with Gasteiger partial charge < -0.3 is 14.4 Å². The third-order valence-electron chi connectivity index (χ3n) is 4.02. The van der Waals surface area contributed by atoms with Gasteiger partial charge in [0.2, 0.25) is 0 Å². The van der Waals surface area contributed by atoms with Gasteiger partial charge in [0.05, 0.1) is 12.5 Å². The van der Waals surface area contributed by atoms with Crippen LogP contribution >= 0.6 is 0 Å². The maximum atomic E-state index is 12.2. The number of likely N-dealkylation sites (tertiary alicyclic amines) is 1. The molecule has 0 unspecified atom stereocenters. The van der Waals surface area contributed by atoms with Gasteiger partial charge in [-0.1, -0.05) is 43.7 Å². The Bertz CT molecular complexity index is 503. The normalized spacial score (nSPS) is 20.7. The molecule has 2 rings (SSSR count). The lowest BCUT2D eigenvalue weighted by Crippen LogP contribution is -2.30. The first kappa shape index (κ1) is 16.3. The Labute approximate surface area is 131 Å². The van der Waals surface area contributed by atoms with Gasteiger partial charge in [0, 0.05) is 13.1 Å². The Morgan fingerprint density at radius 2 is 1.86 bits per heavy atom. The van der Waals surface area contributed by atoms with Gasteiger partial charge in [0.25, 0.3) is 0 Å². The van der Waals surface area contributed by atoms with Crippen LogP contribution in [0.5, 0.6) is 0 Å². The Kier molecular flexibility index (Phi) is 5.81. The summed E-state index contributed by atoms with van der Waals surface area (Å²) < 4.78 is 10.4. The molecule has 0 saturated carbocycles. The topological polar surface area (TPSA) is 55.8 Å². The number of hydrogen-bond donors (Lipinski definition) is 0. The van der Waals surface area contributed by atoms with E-state index in [0.29, 0.717) is 19.7 Å². The Balaban J connectivity index is 1.89. The van der Waals surface area contributed by atoms with E-state index in [1.807, 2.05) is 37.3 Å². The van der Waals surface area contributed by atoms with Crippen molar-refractivity contribution in [2.45, 2.75) is 26.9 Å². The third-order valence-corrected chi connectivity index (χ3v) is 4.02. The summed E-state index contributed by atoms with van der Waals surface area (Å²) in [6, 6.07) is 9.55. The summed E-state index contributed by atoms with van der Waals surface area (Å²) in [6.45, 7) is 5.36. The first-order valence-electron chi connectivity index (χ1n) is 7.78. The second-order valence-electron chi connectivity index (χ2n) is 5.47. The van der Waals surface area contributed by atoms with Crippen molar-refractivity contribution in [2.24, 2.45) is 11.8 Å². The molecular weight excluding hydrogens is 282 g/mol. The van der Waals surface area contributed by atoms with E-state index in [9.17, 15) is 9.59 Å². The number of carbonyl (C=O) groups is 2. The number of rotatable bonds is 5. The number of carbonyl (C=O) groups excluding carboxylic acids is 2. The zero-order chi connectivity index (χ0) is 15.9. The molecule has 22 heavy (non-hydrogen) atoms. The Morgan fingerprint density at radius 1 is 1.14 bits per heavy atom. The van der Waals surface area contributed by atoms with Crippen LogP contribution < -0.4 is 0 Å². The predicted molar refractivity (Wildman–Crippen MR) is 82.1 cm³/mol. The van der Waals surface area contributed by atoms with Crippen LogP contribution in [0.2, 0.25) is 0 Å². The molecule has 0 aliphatic carbocycles. The minimum Gasteiger partial charge on any atom is -0.466 e. The van der Waals surface area contributed by atoms with Crippen molar-refractivity contribution in [1.29, 1.82) is 0 Å². The van der Waals surface area contributed by atoms with Gasteiger partial charge in [-0.2, -0.15) is 0 Å². The van der Waals surface area contributed by atoms with Crippen LogP contribution in [0.4, 0.5) is 4.79 Å². The fourth-order valence-corrected chi connectivity index (χ4v) is 2.76. The highest BCUT2D eigenvalue weighted by Crippen LogP contribution is 2.27. The summed E-state index contributed by atoms with van der Waals surface area (Å²) in [6.07, 6.45) is 0.473. The fraction of sp³-hybridized carbons (Fsp3) is 0.529. The van der Waals surface area contributed by atoms with Gasteiger partial charge in [0.1, 0.15) is 6.61 Å². The number of ether oxygens (including phenoxy) is 2. The number of benzene rings is 1. The van der Waals surface area contributed by atoms with E-state index in [4.69, 9.17) is 9.47 Å². The van der Waals surface area contributed by atoms with Gasteiger partial charge >= 0.3 is 12.1 Å². The molecule has 0 spiro atoms. The van der Waals surface area contributed by atoms with E-state index in [2.05, 4.69) is 0 Å². The minimum absolute atomic E-state index is 0.142. The number of hydrogen-bond acceptors (Lipinski definition) is 4. The Morgan fingerprint density at radius 3 is 2.50 bits per heavy atom. The summed E-state index contributed by atoms with van der Waals surface area (Å²) in [5.41, 5.74) is 0.948. The molecule has 2 atom stereocenters.